The van der Waals surface area contributed by atoms with Crippen LogP contribution in [0.1, 0.15) is 53.9 Å². The average Bonchev–Trinajstić information content (AvgIpc) is 4.18. The summed E-state index contributed by atoms with van der Waals surface area (Å²) < 4.78 is 96.0. The number of alkyl halides is 6. The third-order valence-corrected chi connectivity index (χ3v) is 14.8. The molecule has 2 aromatic heterocycles. The Morgan fingerprint density at radius 2 is 1.22 bits per heavy atom. The fraction of sp³-hybridized carbons (Fsp3) is 0.228. The lowest BCUT2D eigenvalue weighted by Gasteiger charge is -2.25. The summed E-state index contributed by atoms with van der Waals surface area (Å²) in [6.45, 7) is 3.89. The Bertz CT molecular complexity index is 3400. The molecule has 16 heteroatoms. The Kier molecular flexibility index (Phi) is 13.6. The third kappa shape index (κ3) is 11.0. The zero-order chi connectivity index (χ0) is 51.0. The summed E-state index contributed by atoms with van der Waals surface area (Å²) in [5.41, 5.74) is 3.97. The molecule has 0 saturated carbocycles. The van der Waals surface area contributed by atoms with Gasteiger partial charge in [0.1, 0.15) is 0 Å². The predicted octanol–water partition coefficient (Wildman–Crippen LogP) is 14.2. The number of carbonyl (C=O) groups is 2. The molecule has 2 N–H and O–H groups in total. The molecule has 0 spiro atoms. The number of carboxylic acid groups (broad SMARTS) is 2. The van der Waals surface area contributed by atoms with Gasteiger partial charge in [0, 0.05) is 53.4 Å². The van der Waals surface area contributed by atoms with Crippen LogP contribution < -0.4 is 0 Å². The number of rotatable bonds is 14. The normalized spacial score (nSPS) is 15.8. The SMILES string of the molecule is O=C(O)CCN1CC=C(c2ccc3sc(-c4ccc(-c5cccc(-c6cccc(-c7ccc(-c8noc(-c9ccc(C%10CCN(CCC(=O)O)C%10)cc9)n8)cc7C(F)(F)F)c6)c5)c(C(F)(F)F)c4)cc3c2)CC1. The zero-order valence-electron chi connectivity index (χ0n) is 39.0. The lowest BCUT2D eigenvalue weighted by molar-refractivity contribution is -0.138. The van der Waals surface area contributed by atoms with Gasteiger partial charge in [0.25, 0.3) is 5.89 Å². The van der Waals surface area contributed by atoms with Gasteiger partial charge < -0.3 is 19.6 Å². The molecule has 0 bridgehead atoms. The van der Waals surface area contributed by atoms with E-state index in [9.17, 15) is 35.9 Å². The Labute approximate surface area is 419 Å². The molecule has 1 fully saturated rings. The standard InChI is InChI=1S/C57H46F6N4O5S/c58-56(59,60)48-30-42(51-32-45-29-39(13-16-50(45)73-51)35-17-22-66(23-18-35)25-20-52(68)69)11-14-46(48)40-5-1-3-37(27-40)38-4-2-6-41(28-38)47-15-12-43(31-49(47)57(61,62)63)54-64-55(72-65-54)36-9-7-34(8-10-36)44-19-24-67(33-44)26-21-53(70)71/h1-17,27-32,44H,18-26,33H2,(H,68,69)(H,70,71). The molecule has 2 aliphatic rings. The van der Waals surface area contributed by atoms with Crippen LogP contribution in [0.15, 0.2) is 144 Å². The van der Waals surface area contributed by atoms with Crippen molar-refractivity contribution in [3.8, 4) is 66.7 Å². The van der Waals surface area contributed by atoms with Gasteiger partial charge in [0.15, 0.2) is 0 Å². The minimum Gasteiger partial charge on any atom is -0.481 e. The van der Waals surface area contributed by atoms with Crippen LogP contribution in [0.2, 0.25) is 0 Å². The van der Waals surface area contributed by atoms with Crippen molar-refractivity contribution in [1.29, 1.82) is 0 Å². The van der Waals surface area contributed by atoms with Crippen molar-refractivity contribution in [2.24, 2.45) is 0 Å². The summed E-state index contributed by atoms with van der Waals surface area (Å²) in [6.07, 6.45) is -5.59. The molecule has 1 atom stereocenters. The topological polar surface area (TPSA) is 120 Å². The summed E-state index contributed by atoms with van der Waals surface area (Å²) in [5, 5.41) is 23.0. The Balaban J connectivity index is 0.876. The van der Waals surface area contributed by atoms with Crippen molar-refractivity contribution in [2.45, 2.75) is 44.0 Å². The number of likely N-dealkylation sites (tertiary alicyclic amines) is 1. The second kappa shape index (κ2) is 20.2. The largest absolute Gasteiger partial charge is 0.481 e. The minimum atomic E-state index is -4.78. The molecule has 372 valence electrons. The van der Waals surface area contributed by atoms with Gasteiger partial charge in [-0.3, -0.25) is 14.5 Å². The van der Waals surface area contributed by atoms with Crippen LogP contribution in [0.4, 0.5) is 26.3 Å². The number of hydrogen-bond donors (Lipinski definition) is 2. The van der Waals surface area contributed by atoms with Crippen LogP contribution in [0.3, 0.4) is 0 Å². The zero-order valence-corrected chi connectivity index (χ0v) is 39.8. The second-order valence-corrected chi connectivity index (χ2v) is 19.5. The number of aromatic nitrogens is 2. The lowest BCUT2D eigenvalue weighted by atomic mass is 9.92. The third-order valence-electron chi connectivity index (χ3n) is 13.7. The van der Waals surface area contributed by atoms with Gasteiger partial charge in [-0.2, -0.15) is 31.3 Å². The smallest absolute Gasteiger partial charge is 0.417 e. The number of thiophene rings is 1. The van der Waals surface area contributed by atoms with Gasteiger partial charge in [0.05, 0.1) is 24.0 Å². The van der Waals surface area contributed by atoms with Crippen LogP contribution in [0, 0.1) is 0 Å². The summed E-state index contributed by atoms with van der Waals surface area (Å²) >= 11 is 1.40. The average molecular weight is 1010 g/mol. The van der Waals surface area contributed by atoms with Crippen molar-refractivity contribution in [1.82, 2.24) is 19.9 Å². The van der Waals surface area contributed by atoms with E-state index in [4.69, 9.17) is 14.7 Å². The molecule has 6 aromatic carbocycles. The van der Waals surface area contributed by atoms with E-state index in [1.54, 1.807) is 54.6 Å². The number of halogens is 6. The quantitative estimate of drug-likeness (QED) is 0.103. The van der Waals surface area contributed by atoms with Crippen LogP contribution >= 0.6 is 11.3 Å². The first-order chi connectivity index (χ1) is 35.0. The summed E-state index contributed by atoms with van der Waals surface area (Å²) in [4.78, 5) is 31.3. The van der Waals surface area contributed by atoms with E-state index in [1.165, 1.54) is 29.5 Å². The first-order valence-corrected chi connectivity index (χ1v) is 24.5. The van der Waals surface area contributed by atoms with E-state index in [1.807, 2.05) is 48.5 Å². The van der Waals surface area contributed by atoms with Gasteiger partial charge in [-0.15, -0.1) is 11.3 Å². The molecule has 4 heterocycles. The van der Waals surface area contributed by atoms with Crippen LogP contribution in [-0.2, 0) is 21.9 Å². The number of nitrogens with zero attached hydrogens (tertiary/aromatic N) is 4. The minimum absolute atomic E-state index is 0.0329. The molecule has 9 nitrogen and oxygen atoms in total. The Morgan fingerprint density at radius 1 is 0.630 bits per heavy atom. The molecule has 0 amide bonds. The Morgan fingerprint density at radius 3 is 1.84 bits per heavy atom. The monoisotopic (exact) mass is 1010 g/mol. The van der Waals surface area contributed by atoms with Crippen molar-refractivity contribution in [3.63, 3.8) is 0 Å². The van der Waals surface area contributed by atoms with Gasteiger partial charge in [-0.1, -0.05) is 90.1 Å². The highest BCUT2D eigenvalue weighted by Gasteiger charge is 2.36. The summed E-state index contributed by atoms with van der Waals surface area (Å²) in [6, 6.07) is 36.5. The first-order valence-electron chi connectivity index (χ1n) is 23.7. The number of aliphatic carboxylic acids is 2. The summed E-state index contributed by atoms with van der Waals surface area (Å²) in [7, 11) is 0. The highest BCUT2D eigenvalue weighted by Crippen LogP contribution is 2.44. The van der Waals surface area contributed by atoms with Gasteiger partial charge in [-0.05, 0) is 141 Å². The molecule has 0 radical (unpaired) electrons. The van der Waals surface area contributed by atoms with E-state index in [-0.39, 0.29) is 58.3 Å². The second-order valence-electron chi connectivity index (χ2n) is 18.4. The van der Waals surface area contributed by atoms with E-state index in [0.717, 1.165) is 71.4 Å². The maximum absolute atomic E-state index is 15.0. The van der Waals surface area contributed by atoms with Crippen molar-refractivity contribution >= 4 is 38.9 Å². The van der Waals surface area contributed by atoms with E-state index >= 15 is 0 Å². The van der Waals surface area contributed by atoms with E-state index in [2.05, 4.69) is 26.0 Å². The predicted molar refractivity (Wildman–Crippen MR) is 270 cm³/mol. The first kappa shape index (κ1) is 49.2. The van der Waals surface area contributed by atoms with Gasteiger partial charge in [0.2, 0.25) is 5.82 Å². The van der Waals surface area contributed by atoms with Crippen molar-refractivity contribution in [2.75, 3.05) is 39.3 Å². The molecular formula is C57H46F6N4O5S. The number of hydrogen-bond acceptors (Lipinski definition) is 8. The van der Waals surface area contributed by atoms with E-state index in [0.29, 0.717) is 46.8 Å². The number of benzene rings is 6. The molecule has 73 heavy (non-hydrogen) atoms. The fourth-order valence-corrected chi connectivity index (χ4v) is 10.9. The van der Waals surface area contributed by atoms with Crippen LogP contribution in [-0.4, -0.2) is 81.4 Å². The fourth-order valence-electron chi connectivity index (χ4n) is 9.82. The molecule has 1 saturated heterocycles. The molecule has 10 rings (SSSR count). The van der Waals surface area contributed by atoms with Crippen molar-refractivity contribution < 1.29 is 50.7 Å². The number of carboxylic acids is 2. The lowest BCUT2D eigenvalue weighted by Crippen LogP contribution is -2.30. The molecule has 1 unspecified atom stereocenters. The highest BCUT2D eigenvalue weighted by atomic mass is 32.1. The van der Waals surface area contributed by atoms with Crippen LogP contribution in [0.5, 0.6) is 0 Å². The number of fused-ring (bicyclic) bond motifs is 1. The summed E-state index contributed by atoms with van der Waals surface area (Å²) in [5.74, 6) is -1.34. The van der Waals surface area contributed by atoms with E-state index < -0.39 is 35.4 Å². The van der Waals surface area contributed by atoms with Gasteiger partial charge in [-0.25, -0.2) is 0 Å². The Hall–Kier alpha value is -7.40. The molecular weight excluding hydrogens is 967 g/mol. The van der Waals surface area contributed by atoms with Crippen LogP contribution in [0.25, 0.3) is 82.3 Å². The maximum Gasteiger partial charge on any atom is 0.417 e. The highest BCUT2D eigenvalue weighted by molar-refractivity contribution is 7.22. The molecule has 8 aromatic rings. The molecule has 0 aliphatic carbocycles. The molecule has 2 aliphatic heterocycles. The van der Waals surface area contributed by atoms with Crippen molar-refractivity contribution in [3.05, 3.63) is 162 Å². The van der Waals surface area contributed by atoms with Gasteiger partial charge >= 0.3 is 24.3 Å². The maximum atomic E-state index is 15.0.